The Bertz CT molecular complexity index is 584. The van der Waals surface area contributed by atoms with Gasteiger partial charge in [-0.05, 0) is 29.8 Å². The number of hydrogen-bond acceptors (Lipinski definition) is 1. The molecule has 5 heteroatoms. The number of benzene rings is 2. The van der Waals surface area contributed by atoms with Gasteiger partial charge < -0.3 is 5.11 Å². The summed E-state index contributed by atoms with van der Waals surface area (Å²) in [4.78, 5) is 0. The maximum absolute atomic E-state index is 13.7. The predicted octanol–water partition coefficient (Wildman–Crippen LogP) is 4.66. The van der Waals surface area contributed by atoms with Crippen LogP contribution in [0.2, 0.25) is 5.02 Å². The first-order valence-corrected chi connectivity index (χ1v) is 6.72. The third kappa shape index (κ3) is 3.32. The van der Waals surface area contributed by atoms with Crippen molar-refractivity contribution < 1.29 is 13.9 Å². The molecule has 0 radical (unpaired) electrons. The van der Waals surface area contributed by atoms with E-state index in [1.807, 2.05) is 0 Å². The van der Waals surface area contributed by atoms with Gasteiger partial charge in [0.05, 0.1) is 6.10 Å². The van der Waals surface area contributed by atoms with Gasteiger partial charge in [-0.1, -0.05) is 39.7 Å². The van der Waals surface area contributed by atoms with Crippen LogP contribution in [-0.2, 0) is 6.42 Å². The SMILES string of the molecule is OC(Cc1ccc(F)cc1Br)c1c(F)cccc1Cl. The van der Waals surface area contributed by atoms with E-state index in [2.05, 4.69) is 15.9 Å². The fraction of sp³-hybridized carbons (Fsp3) is 0.143. The summed E-state index contributed by atoms with van der Waals surface area (Å²) in [5.41, 5.74) is 0.730. The van der Waals surface area contributed by atoms with Gasteiger partial charge in [-0.15, -0.1) is 0 Å². The highest BCUT2D eigenvalue weighted by atomic mass is 79.9. The van der Waals surface area contributed by atoms with Gasteiger partial charge in [-0.25, -0.2) is 8.78 Å². The molecule has 100 valence electrons. The summed E-state index contributed by atoms with van der Waals surface area (Å²) in [7, 11) is 0. The molecule has 0 fully saturated rings. The van der Waals surface area contributed by atoms with Gasteiger partial charge in [0.1, 0.15) is 11.6 Å². The molecule has 1 atom stereocenters. The van der Waals surface area contributed by atoms with Crippen LogP contribution in [0.5, 0.6) is 0 Å². The highest BCUT2D eigenvalue weighted by Gasteiger charge is 2.18. The smallest absolute Gasteiger partial charge is 0.130 e. The van der Waals surface area contributed by atoms with Crippen molar-refractivity contribution in [1.82, 2.24) is 0 Å². The molecule has 0 aromatic heterocycles. The second-order valence-electron chi connectivity index (χ2n) is 4.09. The van der Waals surface area contributed by atoms with E-state index in [0.29, 0.717) is 10.0 Å². The number of aliphatic hydroxyl groups excluding tert-OH is 1. The van der Waals surface area contributed by atoms with Crippen LogP contribution in [0.15, 0.2) is 40.9 Å². The van der Waals surface area contributed by atoms with Crippen LogP contribution >= 0.6 is 27.5 Å². The summed E-state index contributed by atoms with van der Waals surface area (Å²) in [6.45, 7) is 0. The van der Waals surface area contributed by atoms with Crippen molar-refractivity contribution in [2.75, 3.05) is 0 Å². The molecule has 2 aromatic rings. The van der Waals surface area contributed by atoms with E-state index >= 15 is 0 Å². The molecule has 0 amide bonds. The molecule has 0 aliphatic heterocycles. The number of hydrogen-bond donors (Lipinski definition) is 1. The monoisotopic (exact) mass is 346 g/mol. The van der Waals surface area contributed by atoms with E-state index in [9.17, 15) is 13.9 Å². The standard InChI is InChI=1S/C14H10BrClF2O/c15-10-7-9(17)5-4-8(10)6-13(19)14-11(16)2-1-3-12(14)18/h1-5,7,13,19H,6H2. The molecule has 19 heavy (non-hydrogen) atoms. The molecule has 1 unspecified atom stereocenters. The summed E-state index contributed by atoms with van der Waals surface area (Å²) < 4.78 is 27.1. The van der Waals surface area contributed by atoms with Crippen molar-refractivity contribution in [2.24, 2.45) is 0 Å². The van der Waals surface area contributed by atoms with Crippen LogP contribution in [-0.4, -0.2) is 5.11 Å². The first-order valence-electron chi connectivity index (χ1n) is 5.55. The van der Waals surface area contributed by atoms with Crippen molar-refractivity contribution >= 4 is 27.5 Å². The zero-order valence-electron chi connectivity index (χ0n) is 9.71. The Hall–Kier alpha value is -0.970. The maximum atomic E-state index is 13.7. The van der Waals surface area contributed by atoms with Gasteiger partial charge in [0.25, 0.3) is 0 Å². The molecular formula is C14H10BrClF2O. The topological polar surface area (TPSA) is 20.2 Å². The van der Waals surface area contributed by atoms with Crippen LogP contribution in [0.25, 0.3) is 0 Å². The van der Waals surface area contributed by atoms with Gasteiger partial charge >= 0.3 is 0 Å². The summed E-state index contributed by atoms with van der Waals surface area (Å²) in [6, 6.07) is 8.35. The van der Waals surface area contributed by atoms with Crippen LogP contribution < -0.4 is 0 Å². The maximum Gasteiger partial charge on any atom is 0.130 e. The molecule has 2 aromatic carbocycles. The van der Waals surface area contributed by atoms with E-state index < -0.39 is 11.9 Å². The van der Waals surface area contributed by atoms with Crippen molar-refractivity contribution in [3.05, 3.63) is 68.7 Å². The fourth-order valence-electron chi connectivity index (χ4n) is 1.83. The Morgan fingerprint density at radius 3 is 2.58 bits per heavy atom. The highest BCUT2D eigenvalue weighted by molar-refractivity contribution is 9.10. The first-order chi connectivity index (χ1) is 8.99. The van der Waals surface area contributed by atoms with Gasteiger partial charge in [0.15, 0.2) is 0 Å². The molecule has 1 N–H and O–H groups in total. The molecule has 0 heterocycles. The largest absolute Gasteiger partial charge is 0.388 e. The Morgan fingerprint density at radius 1 is 1.21 bits per heavy atom. The number of halogens is 4. The third-order valence-corrected chi connectivity index (χ3v) is 3.83. The average molecular weight is 348 g/mol. The molecule has 0 spiro atoms. The van der Waals surface area contributed by atoms with Gasteiger partial charge in [-0.2, -0.15) is 0 Å². The quantitative estimate of drug-likeness (QED) is 0.856. The lowest BCUT2D eigenvalue weighted by Crippen LogP contribution is -2.06. The molecule has 0 aliphatic carbocycles. The van der Waals surface area contributed by atoms with Crippen molar-refractivity contribution in [3.63, 3.8) is 0 Å². The Morgan fingerprint density at radius 2 is 1.95 bits per heavy atom. The molecule has 0 saturated carbocycles. The first kappa shape index (κ1) is 14.4. The minimum atomic E-state index is -1.09. The Balaban J connectivity index is 2.28. The van der Waals surface area contributed by atoms with E-state index in [-0.39, 0.29) is 22.8 Å². The van der Waals surface area contributed by atoms with Crippen LogP contribution in [0, 0.1) is 11.6 Å². The van der Waals surface area contributed by atoms with Crippen LogP contribution in [0.1, 0.15) is 17.2 Å². The number of rotatable bonds is 3. The second-order valence-corrected chi connectivity index (χ2v) is 5.35. The second kappa shape index (κ2) is 5.99. The summed E-state index contributed by atoms with van der Waals surface area (Å²) in [6.07, 6.45) is -0.947. The fourth-order valence-corrected chi connectivity index (χ4v) is 2.63. The lowest BCUT2D eigenvalue weighted by molar-refractivity contribution is 0.173. The summed E-state index contributed by atoms with van der Waals surface area (Å²) in [5, 5.41) is 10.3. The molecule has 2 rings (SSSR count). The van der Waals surface area contributed by atoms with E-state index in [1.54, 1.807) is 0 Å². The predicted molar refractivity (Wildman–Crippen MR) is 74.2 cm³/mol. The normalized spacial score (nSPS) is 12.5. The summed E-state index contributed by atoms with van der Waals surface area (Å²) in [5.74, 6) is -0.938. The average Bonchev–Trinajstić information content (AvgIpc) is 2.32. The Labute approximate surface area is 123 Å². The van der Waals surface area contributed by atoms with Crippen molar-refractivity contribution in [1.29, 1.82) is 0 Å². The summed E-state index contributed by atoms with van der Waals surface area (Å²) >= 11 is 9.09. The lowest BCUT2D eigenvalue weighted by atomic mass is 10.0. The minimum Gasteiger partial charge on any atom is -0.388 e. The minimum absolute atomic E-state index is 0.0559. The van der Waals surface area contributed by atoms with Crippen molar-refractivity contribution in [3.8, 4) is 0 Å². The molecule has 0 bridgehead atoms. The number of aliphatic hydroxyl groups is 1. The van der Waals surface area contributed by atoms with Gasteiger partial charge in [-0.3, -0.25) is 0 Å². The molecule has 1 nitrogen and oxygen atoms in total. The zero-order chi connectivity index (χ0) is 14.0. The van der Waals surface area contributed by atoms with Crippen LogP contribution in [0.3, 0.4) is 0 Å². The van der Waals surface area contributed by atoms with E-state index in [4.69, 9.17) is 11.6 Å². The molecular weight excluding hydrogens is 338 g/mol. The van der Waals surface area contributed by atoms with Crippen LogP contribution in [0.4, 0.5) is 8.78 Å². The third-order valence-electron chi connectivity index (χ3n) is 2.76. The molecule has 0 saturated heterocycles. The van der Waals surface area contributed by atoms with E-state index in [0.717, 1.165) is 0 Å². The van der Waals surface area contributed by atoms with Gasteiger partial charge in [0, 0.05) is 21.5 Å². The highest BCUT2D eigenvalue weighted by Crippen LogP contribution is 2.30. The molecule has 0 aliphatic rings. The van der Waals surface area contributed by atoms with Gasteiger partial charge in [0.2, 0.25) is 0 Å². The lowest BCUT2D eigenvalue weighted by Gasteiger charge is -2.14. The Kier molecular flexibility index (Phi) is 4.55. The zero-order valence-corrected chi connectivity index (χ0v) is 12.0. The van der Waals surface area contributed by atoms with Crippen molar-refractivity contribution in [2.45, 2.75) is 12.5 Å². The van der Waals surface area contributed by atoms with E-state index in [1.165, 1.54) is 36.4 Å².